The van der Waals surface area contributed by atoms with Gasteiger partial charge in [0.05, 0.1) is 12.8 Å². The van der Waals surface area contributed by atoms with Gasteiger partial charge in [0.2, 0.25) is 5.91 Å². The van der Waals surface area contributed by atoms with Gasteiger partial charge in [0, 0.05) is 31.8 Å². The first-order valence-corrected chi connectivity index (χ1v) is 9.37. The van der Waals surface area contributed by atoms with Crippen LogP contribution in [-0.2, 0) is 17.5 Å². The average molecular weight is 402 g/mol. The van der Waals surface area contributed by atoms with E-state index in [1.165, 1.54) is 6.26 Å². The number of amides is 1. The number of aromatic nitrogens is 2. The van der Waals surface area contributed by atoms with Gasteiger partial charge < -0.3 is 14.6 Å². The Morgan fingerprint density at radius 1 is 1.37 bits per heavy atom. The van der Waals surface area contributed by atoms with Crippen molar-refractivity contribution >= 4 is 23.5 Å². The molecule has 2 aromatic heterocycles. The number of alkyl halides is 3. The minimum absolute atomic E-state index is 0.00149. The number of carbonyl (C=O) groups excluding carboxylic acids is 1. The van der Waals surface area contributed by atoms with Crippen LogP contribution in [0.2, 0.25) is 0 Å². The van der Waals surface area contributed by atoms with Gasteiger partial charge in [-0.05, 0) is 18.6 Å². The quantitative estimate of drug-likeness (QED) is 0.509. The van der Waals surface area contributed by atoms with Gasteiger partial charge in [-0.2, -0.15) is 13.2 Å². The number of rotatable bonds is 9. The second kappa shape index (κ2) is 9.63. The molecule has 2 heterocycles. The van der Waals surface area contributed by atoms with E-state index in [4.69, 9.17) is 4.42 Å². The highest BCUT2D eigenvalue weighted by Gasteiger charge is 2.34. The molecule has 0 saturated carbocycles. The zero-order valence-corrected chi connectivity index (χ0v) is 15.9. The molecule has 0 aliphatic carbocycles. The molecule has 2 aromatic rings. The SMILES string of the molecule is CCCN(C)c1cc(C(F)(F)F)nc(SCCC(=O)NCc2ccco2)n1. The zero-order valence-electron chi connectivity index (χ0n) is 15.0. The molecule has 0 saturated heterocycles. The Balaban J connectivity index is 1.95. The van der Waals surface area contributed by atoms with Crippen molar-refractivity contribution in [1.29, 1.82) is 0 Å². The van der Waals surface area contributed by atoms with Crippen molar-refractivity contribution in [3.63, 3.8) is 0 Å². The lowest BCUT2D eigenvalue weighted by atomic mass is 10.3. The molecule has 1 N–H and O–H groups in total. The summed E-state index contributed by atoms with van der Waals surface area (Å²) >= 11 is 1.02. The topological polar surface area (TPSA) is 71.3 Å². The molecule has 0 spiro atoms. The van der Waals surface area contributed by atoms with Crippen LogP contribution in [0.1, 0.15) is 31.2 Å². The normalized spacial score (nSPS) is 11.4. The molecule has 0 aliphatic rings. The second-order valence-electron chi connectivity index (χ2n) is 5.77. The number of nitrogens with one attached hydrogen (secondary N) is 1. The van der Waals surface area contributed by atoms with Crippen molar-refractivity contribution in [2.24, 2.45) is 0 Å². The molecule has 10 heteroatoms. The summed E-state index contributed by atoms with van der Waals surface area (Å²) in [5, 5.41) is 2.68. The summed E-state index contributed by atoms with van der Waals surface area (Å²) in [4.78, 5) is 21.2. The van der Waals surface area contributed by atoms with Gasteiger partial charge in [0.1, 0.15) is 11.6 Å². The molecule has 2 rings (SSSR count). The van der Waals surface area contributed by atoms with Crippen molar-refractivity contribution in [2.45, 2.75) is 37.6 Å². The summed E-state index contributed by atoms with van der Waals surface area (Å²) in [5.41, 5.74) is -0.986. The molecule has 148 valence electrons. The summed E-state index contributed by atoms with van der Waals surface area (Å²) in [6.45, 7) is 2.77. The van der Waals surface area contributed by atoms with Crippen molar-refractivity contribution in [2.75, 3.05) is 24.2 Å². The van der Waals surface area contributed by atoms with Gasteiger partial charge >= 0.3 is 6.18 Å². The van der Waals surface area contributed by atoms with E-state index in [2.05, 4.69) is 15.3 Å². The predicted molar refractivity (Wildman–Crippen MR) is 96.5 cm³/mol. The first-order valence-electron chi connectivity index (χ1n) is 8.39. The first-order chi connectivity index (χ1) is 12.8. The van der Waals surface area contributed by atoms with Gasteiger partial charge in [-0.25, -0.2) is 9.97 Å². The van der Waals surface area contributed by atoms with Crippen LogP contribution >= 0.6 is 11.8 Å². The van der Waals surface area contributed by atoms with E-state index in [9.17, 15) is 18.0 Å². The van der Waals surface area contributed by atoms with Crippen molar-refractivity contribution in [1.82, 2.24) is 15.3 Å². The van der Waals surface area contributed by atoms with Gasteiger partial charge in [0.25, 0.3) is 0 Å². The van der Waals surface area contributed by atoms with E-state index in [1.54, 1.807) is 24.1 Å². The predicted octanol–water partition coefficient (Wildman–Crippen LogP) is 3.73. The lowest BCUT2D eigenvalue weighted by Crippen LogP contribution is -2.23. The van der Waals surface area contributed by atoms with Crippen LogP contribution in [0.25, 0.3) is 0 Å². The third-order valence-corrected chi connectivity index (χ3v) is 4.38. The summed E-state index contributed by atoms with van der Waals surface area (Å²) in [5.74, 6) is 0.876. The Morgan fingerprint density at radius 2 is 2.15 bits per heavy atom. The molecular weight excluding hydrogens is 381 g/mol. The van der Waals surface area contributed by atoms with Crippen LogP contribution in [0.15, 0.2) is 34.0 Å². The van der Waals surface area contributed by atoms with Crippen LogP contribution in [0.3, 0.4) is 0 Å². The zero-order chi connectivity index (χ0) is 19.9. The highest BCUT2D eigenvalue weighted by atomic mass is 32.2. The lowest BCUT2D eigenvalue weighted by Gasteiger charge is -2.19. The fourth-order valence-electron chi connectivity index (χ4n) is 2.19. The molecule has 0 unspecified atom stereocenters. The summed E-state index contributed by atoms with van der Waals surface area (Å²) in [6, 6.07) is 4.39. The maximum Gasteiger partial charge on any atom is 0.433 e. The molecule has 6 nitrogen and oxygen atoms in total. The Hall–Kier alpha value is -2.23. The van der Waals surface area contributed by atoms with Gasteiger partial charge in [-0.3, -0.25) is 4.79 Å². The molecule has 0 atom stereocenters. The smallest absolute Gasteiger partial charge is 0.433 e. The third-order valence-electron chi connectivity index (χ3n) is 3.53. The van der Waals surface area contributed by atoms with Gasteiger partial charge in [0.15, 0.2) is 10.9 Å². The molecular formula is C17H21F3N4O2S. The highest BCUT2D eigenvalue weighted by molar-refractivity contribution is 7.99. The van der Waals surface area contributed by atoms with E-state index in [0.717, 1.165) is 24.2 Å². The van der Waals surface area contributed by atoms with Crippen molar-refractivity contribution in [3.05, 3.63) is 35.9 Å². The van der Waals surface area contributed by atoms with Gasteiger partial charge in [-0.1, -0.05) is 18.7 Å². The number of carbonyl (C=O) groups is 1. The number of anilines is 1. The maximum absolute atomic E-state index is 13.1. The van der Waals surface area contributed by atoms with Crippen LogP contribution < -0.4 is 10.2 Å². The number of nitrogens with zero attached hydrogens (tertiary/aromatic N) is 3. The highest BCUT2D eigenvalue weighted by Crippen LogP contribution is 2.31. The van der Waals surface area contributed by atoms with Crippen LogP contribution in [0.4, 0.5) is 19.0 Å². The number of furan rings is 1. The fraction of sp³-hybridized carbons (Fsp3) is 0.471. The number of hydrogen-bond donors (Lipinski definition) is 1. The Bertz CT molecular complexity index is 738. The molecule has 27 heavy (non-hydrogen) atoms. The molecule has 0 aromatic carbocycles. The molecule has 1 amide bonds. The van der Waals surface area contributed by atoms with Crippen molar-refractivity contribution in [3.8, 4) is 0 Å². The lowest BCUT2D eigenvalue weighted by molar-refractivity contribution is -0.141. The summed E-state index contributed by atoms with van der Waals surface area (Å²) < 4.78 is 44.4. The Labute approximate surface area is 159 Å². The molecule has 0 fully saturated rings. The summed E-state index contributed by atoms with van der Waals surface area (Å²) in [7, 11) is 1.68. The monoisotopic (exact) mass is 402 g/mol. The van der Waals surface area contributed by atoms with Crippen LogP contribution in [-0.4, -0.2) is 35.2 Å². The van der Waals surface area contributed by atoms with Crippen molar-refractivity contribution < 1.29 is 22.4 Å². The van der Waals surface area contributed by atoms with Crippen LogP contribution in [0, 0.1) is 0 Å². The molecule has 0 radical (unpaired) electrons. The number of hydrogen-bond acceptors (Lipinski definition) is 6. The molecule has 0 bridgehead atoms. The fourth-order valence-corrected chi connectivity index (χ4v) is 2.98. The maximum atomic E-state index is 13.1. The number of thioether (sulfide) groups is 1. The molecule has 0 aliphatic heterocycles. The van der Waals surface area contributed by atoms with Gasteiger partial charge in [-0.15, -0.1) is 0 Å². The Kier molecular flexibility index (Phi) is 7.52. The van der Waals surface area contributed by atoms with E-state index >= 15 is 0 Å². The Morgan fingerprint density at radius 3 is 2.78 bits per heavy atom. The van der Waals surface area contributed by atoms with E-state index in [1.807, 2.05) is 6.92 Å². The van der Waals surface area contributed by atoms with Crippen LogP contribution in [0.5, 0.6) is 0 Å². The number of halogens is 3. The summed E-state index contributed by atoms with van der Waals surface area (Å²) in [6.07, 6.45) is -2.14. The average Bonchev–Trinajstić information content (AvgIpc) is 3.13. The minimum Gasteiger partial charge on any atom is -0.467 e. The largest absolute Gasteiger partial charge is 0.467 e. The van der Waals surface area contributed by atoms with E-state index in [0.29, 0.717) is 12.3 Å². The van der Waals surface area contributed by atoms with E-state index < -0.39 is 11.9 Å². The minimum atomic E-state index is -4.56. The van der Waals surface area contributed by atoms with E-state index in [-0.39, 0.29) is 35.6 Å². The second-order valence-corrected chi connectivity index (χ2v) is 6.83. The standard InChI is InChI=1S/C17H21F3N4O2S/c1-3-7-24(2)14-10-13(17(18,19)20)22-16(23-14)27-9-6-15(25)21-11-12-5-4-8-26-12/h4-5,8,10H,3,6-7,9,11H2,1-2H3,(H,21,25). The first kappa shape index (κ1) is 21.1. The third kappa shape index (κ3) is 6.78.